The van der Waals surface area contributed by atoms with Crippen LogP contribution < -0.4 is 25.7 Å². The Kier molecular flexibility index (Phi) is 13.0. The fourth-order valence-corrected chi connectivity index (χ4v) is 15.2. The molecule has 21 rings (SSSR count). The Bertz CT molecular complexity index is 6350. The van der Waals surface area contributed by atoms with E-state index < -0.39 is 0 Å². The molecule has 4 amide bonds. The SMILES string of the molecule is CC.CC.CC.CC.O=C1c2ccc3c4ccc5c(=O)n6c7ccccc7nc6c6ccc(c7ccc(c2c37)C(=O)N1c1ccccc1)c4c56.O=C1c2ccc3c4ccc5c6c(cc7c(c8c(cc(c2c38)C(=O)N1c1ccccc1)OC7)c46)c(=O)n1c2ccccc2nc51. The Morgan fingerprint density at radius 3 is 1.15 bits per heavy atom. The van der Waals surface area contributed by atoms with Crippen molar-refractivity contribution in [3.63, 3.8) is 0 Å². The van der Waals surface area contributed by atoms with Crippen molar-refractivity contribution in [2.75, 3.05) is 9.80 Å². The predicted octanol–water partition coefficient (Wildman–Crippen LogP) is 18.6. The molecule has 0 unspecified atom stereocenters. The number of imide groups is 2. The number of fused-ring (bicyclic) bond motifs is 11. The van der Waals surface area contributed by atoms with E-state index in [1.54, 1.807) is 39.1 Å². The number of hydrogen-bond acceptors (Lipinski definition) is 9. The fraction of sp³-hybridized carbons (Fsp3) is 0.111. The number of anilines is 2. The van der Waals surface area contributed by atoms with Crippen molar-refractivity contribution in [3.05, 3.63) is 243 Å². The van der Waals surface area contributed by atoms with Gasteiger partial charge >= 0.3 is 0 Å². The van der Waals surface area contributed by atoms with Crippen LogP contribution in [0.1, 0.15) is 102 Å². The van der Waals surface area contributed by atoms with E-state index in [0.717, 1.165) is 114 Å². The average molecular weight is 1230 g/mol. The lowest BCUT2D eigenvalue weighted by molar-refractivity contribution is 0.0877. The van der Waals surface area contributed by atoms with Gasteiger partial charge in [-0.05, 0) is 151 Å². The number of nitrogens with zero attached hydrogens (tertiary/aromatic N) is 6. The number of imidazole rings is 2. The first-order chi connectivity index (χ1) is 46.2. The van der Waals surface area contributed by atoms with E-state index >= 15 is 0 Å². The Hall–Kier alpha value is -12.0. The zero-order valence-electron chi connectivity index (χ0n) is 52.7. The van der Waals surface area contributed by atoms with Crippen molar-refractivity contribution in [2.45, 2.75) is 62.0 Å². The number of pyridine rings is 2. The second kappa shape index (κ2) is 21.3. The Morgan fingerprint density at radius 2 is 0.660 bits per heavy atom. The van der Waals surface area contributed by atoms with Gasteiger partial charge < -0.3 is 4.74 Å². The van der Waals surface area contributed by atoms with Crippen molar-refractivity contribution in [2.24, 2.45) is 0 Å². The standard InChI is InChI=1S/C37H17N3O4.C36H17N3O3.4C2H6/c41-35-22-13-11-20-19-10-12-21-29-23(37(43)40-26-9-5-4-8-25(26)38-34(21)40)14-17-16-44-27-15-24(30(22)32(20)33(27)28(17)31(19)29)36(42)39(35)18-6-2-1-3-7-18;40-34-25-16-12-21-19-10-14-23-31-24(36(42)39-28-9-5-4-8-27(28)37-33(23)39)15-11-20(29(19)31)22-13-17-26(32(25)30(21)22)35(41)38(34)18-6-2-1-3-7-18;4*1-2/h1-15H,16H2;1-17H;4*1-2H3. The molecule has 3 aliphatic heterocycles. The van der Waals surface area contributed by atoms with Crippen molar-refractivity contribution >= 4 is 176 Å². The molecule has 7 heterocycles. The fourth-order valence-electron chi connectivity index (χ4n) is 15.2. The molecule has 0 fully saturated rings. The number of carbonyl (C=O) groups is 4. The third-order valence-corrected chi connectivity index (χ3v) is 18.7. The van der Waals surface area contributed by atoms with E-state index in [2.05, 4.69) is 12.1 Å². The Labute approximate surface area is 536 Å². The number of amides is 4. The van der Waals surface area contributed by atoms with Gasteiger partial charge in [0.15, 0.2) is 0 Å². The van der Waals surface area contributed by atoms with Crippen LogP contribution in [0.15, 0.2) is 204 Å². The van der Waals surface area contributed by atoms with Crippen molar-refractivity contribution in [1.29, 1.82) is 0 Å². The molecule has 13 heteroatoms. The maximum absolute atomic E-state index is 14.2. The van der Waals surface area contributed by atoms with Gasteiger partial charge in [-0.2, -0.15) is 0 Å². The summed E-state index contributed by atoms with van der Waals surface area (Å²) in [5, 5.41) is 17.5. The van der Waals surface area contributed by atoms with Crippen LogP contribution in [0.5, 0.6) is 5.75 Å². The zero-order chi connectivity index (χ0) is 64.9. The average Bonchev–Trinajstić information content (AvgIpc) is 0.737. The highest BCUT2D eigenvalue weighted by Crippen LogP contribution is 2.53. The first kappa shape index (κ1) is 57.2. The molecule has 18 aromatic rings. The summed E-state index contributed by atoms with van der Waals surface area (Å²) in [7, 11) is 0. The van der Waals surface area contributed by atoms with Gasteiger partial charge in [-0.25, -0.2) is 19.8 Å². The molecule has 94 heavy (non-hydrogen) atoms. The van der Waals surface area contributed by atoms with Crippen LogP contribution in [0.2, 0.25) is 0 Å². The quantitative estimate of drug-likeness (QED) is 0.0935. The summed E-state index contributed by atoms with van der Waals surface area (Å²) in [5.74, 6) is -0.776. The smallest absolute Gasteiger partial charge is 0.266 e. The third kappa shape index (κ3) is 7.34. The van der Waals surface area contributed by atoms with Crippen LogP contribution in [0.3, 0.4) is 0 Å². The highest BCUT2D eigenvalue weighted by atomic mass is 16.5. The van der Waals surface area contributed by atoms with Crippen LogP contribution in [-0.2, 0) is 6.61 Å². The van der Waals surface area contributed by atoms with E-state index in [1.807, 2.05) is 207 Å². The summed E-state index contributed by atoms with van der Waals surface area (Å²) < 4.78 is 9.81. The van der Waals surface area contributed by atoms with E-state index in [9.17, 15) is 28.8 Å². The maximum Gasteiger partial charge on any atom is 0.266 e. The molecule has 4 aromatic heterocycles. The molecular formula is C81H58N6O7. The summed E-state index contributed by atoms with van der Waals surface area (Å²) >= 11 is 0. The molecule has 13 nitrogen and oxygen atoms in total. The van der Waals surface area contributed by atoms with Crippen LogP contribution in [-0.4, -0.2) is 42.4 Å². The first-order valence-corrected chi connectivity index (χ1v) is 32.2. The number of aromatic nitrogens is 4. The number of hydrogen-bond donors (Lipinski definition) is 0. The van der Waals surface area contributed by atoms with E-state index in [-0.39, 0.29) is 41.4 Å². The number of para-hydroxylation sites is 6. The maximum atomic E-state index is 14.2. The van der Waals surface area contributed by atoms with Gasteiger partial charge in [-0.15, -0.1) is 0 Å². The Balaban J connectivity index is 0.000000135. The molecule has 0 saturated heterocycles. The van der Waals surface area contributed by atoms with Crippen LogP contribution in [0.25, 0.3) is 141 Å². The van der Waals surface area contributed by atoms with Gasteiger partial charge in [0.05, 0.1) is 39.0 Å². The molecule has 3 aliphatic rings. The van der Waals surface area contributed by atoms with Crippen LogP contribution in [0.4, 0.5) is 11.4 Å². The number of carbonyl (C=O) groups excluding carboxylic acids is 4. The minimum absolute atomic E-state index is 0.0943. The van der Waals surface area contributed by atoms with Crippen molar-refractivity contribution < 1.29 is 23.9 Å². The first-order valence-electron chi connectivity index (χ1n) is 32.2. The molecule has 0 saturated carbocycles. The van der Waals surface area contributed by atoms with Gasteiger partial charge in [0.2, 0.25) is 0 Å². The molecular weight excluding hydrogens is 1170 g/mol. The van der Waals surface area contributed by atoms with Gasteiger partial charge in [0, 0.05) is 75.9 Å². The largest absolute Gasteiger partial charge is 0.488 e. The topological polar surface area (TPSA) is 153 Å². The number of rotatable bonds is 2. The summed E-state index contributed by atoms with van der Waals surface area (Å²) in [6.07, 6.45) is 0. The molecule has 14 aromatic carbocycles. The lowest BCUT2D eigenvalue weighted by Crippen LogP contribution is -2.40. The minimum Gasteiger partial charge on any atom is -0.488 e. The minimum atomic E-state index is -0.372. The normalized spacial score (nSPS) is 13.3. The number of benzene rings is 14. The molecule has 0 N–H and O–H groups in total. The predicted molar refractivity (Wildman–Crippen MR) is 383 cm³/mol. The molecule has 0 spiro atoms. The molecule has 0 aliphatic carbocycles. The molecule has 0 bridgehead atoms. The monoisotopic (exact) mass is 1230 g/mol. The summed E-state index contributed by atoms with van der Waals surface area (Å²) in [6.45, 7) is 16.3. The summed E-state index contributed by atoms with van der Waals surface area (Å²) in [5.41, 5.74) is 8.12. The van der Waals surface area contributed by atoms with Crippen molar-refractivity contribution in [1.82, 2.24) is 18.8 Å². The highest BCUT2D eigenvalue weighted by molar-refractivity contribution is 6.46. The van der Waals surface area contributed by atoms with E-state index in [1.165, 1.54) is 9.80 Å². The lowest BCUT2D eigenvalue weighted by atomic mass is 9.81. The van der Waals surface area contributed by atoms with Crippen molar-refractivity contribution in [3.8, 4) is 5.75 Å². The summed E-state index contributed by atoms with van der Waals surface area (Å²) in [4.78, 5) is 95.9. The second-order valence-electron chi connectivity index (χ2n) is 22.7. The number of ether oxygens (including phenoxy) is 1. The zero-order valence-corrected chi connectivity index (χ0v) is 52.7. The van der Waals surface area contributed by atoms with Gasteiger partial charge in [-0.3, -0.25) is 37.6 Å². The highest BCUT2D eigenvalue weighted by Gasteiger charge is 2.39. The Morgan fingerprint density at radius 1 is 0.309 bits per heavy atom. The molecule has 454 valence electrons. The lowest BCUT2D eigenvalue weighted by Gasteiger charge is -2.31. The van der Waals surface area contributed by atoms with Crippen LogP contribution in [0, 0.1) is 0 Å². The van der Waals surface area contributed by atoms with E-state index in [4.69, 9.17) is 14.7 Å². The van der Waals surface area contributed by atoms with Crippen LogP contribution >= 0.6 is 0 Å². The third-order valence-electron chi connectivity index (χ3n) is 18.7. The van der Waals surface area contributed by atoms with Gasteiger partial charge in [-0.1, -0.05) is 152 Å². The van der Waals surface area contributed by atoms with Gasteiger partial charge in [0.25, 0.3) is 34.7 Å². The summed E-state index contributed by atoms with van der Waals surface area (Å²) in [6, 6.07) is 60.8. The molecule has 0 atom stereocenters. The second-order valence-corrected chi connectivity index (χ2v) is 22.7. The molecule has 0 radical (unpaired) electrons. The van der Waals surface area contributed by atoms with Gasteiger partial charge in [0.1, 0.15) is 23.7 Å². The van der Waals surface area contributed by atoms with E-state index in [0.29, 0.717) is 72.2 Å².